The molecule has 0 aliphatic carbocycles. The normalized spacial score (nSPS) is 9.95. The van der Waals surface area contributed by atoms with Crippen molar-refractivity contribution in [2.45, 2.75) is 6.92 Å². The Morgan fingerprint density at radius 2 is 2.05 bits per heavy atom. The Hall–Kier alpha value is -2.34. The van der Waals surface area contributed by atoms with Crippen LogP contribution < -0.4 is 16.0 Å². The van der Waals surface area contributed by atoms with E-state index in [-0.39, 0.29) is 12.5 Å². The molecule has 2 rings (SSSR count). The summed E-state index contributed by atoms with van der Waals surface area (Å²) in [6, 6.07) is 9.37. The third kappa shape index (κ3) is 4.61. The van der Waals surface area contributed by atoms with Gasteiger partial charge in [-0.1, -0.05) is 12.1 Å². The van der Waals surface area contributed by atoms with Gasteiger partial charge in [-0.05, 0) is 47.0 Å². The molecule has 5 nitrogen and oxygen atoms in total. The summed E-state index contributed by atoms with van der Waals surface area (Å²) in [4.78, 5) is 22.8. The molecule has 0 saturated carbocycles. The number of urea groups is 1. The van der Waals surface area contributed by atoms with Gasteiger partial charge < -0.3 is 10.6 Å². The number of carbonyl (C=O) groups excluding carboxylic acids is 2. The number of imide groups is 1. The first-order chi connectivity index (χ1) is 10.2. The van der Waals surface area contributed by atoms with Crippen LogP contribution >= 0.6 is 11.3 Å². The van der Waals surface area contributed by atoms with Gasteiger partial charge in [0.25, 0.3) is 0 Å². The lowest BCUT2D eigenvalue weighted by atomic mass is 10.1. The van der Waals surface area contributed by atoms with E-state index in [1.54, 1.807) is 18.3 Å². The topological polar surface area (TPSA) is 70.2 Å². The summed E-state index contributed by atoms with van der Waals surface area (Å²) in [6.07, 6.45) is 0. The fourth-order valence-corrected chi connectivity index (χ4v) is 2.46. The van der Waals surface area contributed by atoms with Crippen molar-refractivity contribution in [2.75, 3.05) is 18.4 Å². The van der Waals surface area contributed by atoms with Crippen LogP contribution in [0.5, 0.6) is 0 Å². The third-order valence-corrected chi connectivity index (χ3v) is 3.44. The molecule has 1 heterocycles. The van der Waals surface area contributed by atoms with Crippen LogP contribution in [-0.4, -0.2) is 25.0 Å². The number of nitrogens with one attached hydrogen (secondary N) is 3. The second-order valence-corrected chi connectivity index (χ2v) is 5.13. The molecule has 0 aliphatic rings. The first-order valence-electron chi connectivity index (χ1n) is 6.63. The number of carbonyl (C=O) groups is 2. The van der Waals surface area contributed by atoms with Crippen molar-refractivity contribution in [1.82, 2.24) is 10.6 Å². The number of hydrogen-bond donors (Lipinski definition) is 3. The second kappa shape index (κ2) is 7.44. The van der Waals surface area contributed by atoms with E-state index in [2.05, 4.69) is 21.3 Å². The molecule has 0 spiro atoms. The van der Waals surface area contributed by atoms with Crippen molar-refractivity contribution in [3.8, 4) is 11.1 Å². The molecule has 6 heteroatoms. The molecule has 0 atom stereocenters. The van der Waals surface area contributed by atoms with Crippen LogP contribution in [0.2, 0.25) is 0 Å². The molecule has 0 saturated heterocycles. The molecule has 0 unspecified atom stereocenters. The van der Waals surface area contributed by atoms with Crippen LogP contribution in [-0.2, 0) is 4.79 Å². The van der Waals surface area contributed by atoms with E-state index in [1.807, 2.05) is 35.7 Å². The maximum absolute atomic E-state index is 11.6. The van der Waals surface area contributed by atoms with E-state index < -0.39 is 6.03 Å². The lowest BCUT2D eigenvalue weighted by Crippen LogP contribution is -2.41. The Labute approximate surface area is 127 Å². The predicted octanol–water partition coefficient (Wildman–Crippen LogP) is 2.67. The monoisotopic (exact) mass is 303 g/mol. The lowest BCUT2D eigenvalue weighted by molar-refractivity contribution is -0.118. The molecular formula is C15H17N3O2S. The summed E-state index contributed by atoms with van der Waals surface area (Å²) in [7, 11) is 0. The Morgan fingerprint density at radius 3 is 2.76 bits per heavy atom. The van der Waals surface area contributed by atoms with Crippen LogP contribution in [0.3, 0.4) is 0 Å². The van der Waals surface area contributed by atoms with Crippen LogP contribution in [0, 0.1) is 0 Å². The fourth-order valence-electron chi connectivity index (χ4n) is 1.80. The quantitative estimate of drug-likeness (QED) is 0.795. The van der Waals surface area contributed by atoms with Gasteiger partial charge in [0.1, 0.15) is 0 Å². The van der Waals surface area contributed by atoms with Gasteiger partial charge in [0.05, 0.1) is 6.54 Å². The molecular weight excluding hydrogens is 286 g/mol. The average molecular weight is 303 g/mol. The minimum atomic E-state index is -0.476. The molecule has 1 aromatic carbocycles. The molecule has 1 aromatic heterocycles. The van der Waals surface area contributed by atoms with Crippen LogP contribution in [0.1, 0.15) is 6.92 Å². The smallest absolute Gasteiger partial charge is 0.321 e. The zero-order chi connectivity index (χ0) is 15.1. The largest absolute Gasteiger partial charge is 0.376 e. The van der Waals surface area contributed by atoms with Gasteiger partial charge in [-0.2, -0.15) is 11.3 Å². The van der Waals surface area contributed by atoms with Gasteiger partial charge >= 0.3 is 6.03 Å². The van der Waals surface area contributed by atoms with Crippen molar-refractivity contribution < 1.29 is 9.59 Å². The Morgan fingerprint density at radius 1 is 1.19 bits per heavy atom. The van der Waals surface area contributed by atoms with E-state index in [0.29, 0.717) is 6.54 Å². The summed E-state index contributed by atoms with van der Waals surface area (Å²) in [5.74, 6) is -0.373. The first kappa shape index (κ1) is 15.1. The number of hydrogen-bond acceptors (Lipinski definition) is 4. The summed E-state index contributed by atoms with van der Waals surface area (Å²) in [5, 5.41) is 11.8. The number of anilines is 1. The standard InChI is InChI=1S/C15H17N3O2S/c1-2-16-15(20)18-14(19)9-17-13-5-3-4-11(8-13)12-6-7-21-10-12/h3-8,10,17H,2,9H2,1H3,(H2,16,18,19,20). The molecule has 0 fully saturated rings. The van der Waals surface area contributed by atoms with Crippen molar-refractivity contribution in [3.05, 3.63) is 41.1 Å². The highest BCUT2D eigenvalue weighted by atomic mass is 32.1. The number of rotatable bonds is 5. The molecule has 3 amide bonds. The van der Waals surface area contributed by atoms with Crippen molar-refractivity contribution in [1.29, 1.82) is 0 Å². The van der Waals surface area contributed by atoms with Crippen molar-refractivity contribution in [2.24, 2.45) is 0 Å². The van der Waals surface area contributed by atoms with E-state index in [0.717, 1.165) is 16.8 Å². The van der Waals surface area contributed by atoms with Gasteiger partial charge in [0.15, 0.2) is 0 Å². The first-order valence-corrected chi connectivity index (χ1v) is 7.57. The van der Waals surface area contributed by atoms with Gasteiger partial charge in [0, 0.05) is 12.2 Å². The molecule has 3 N–H and O–H groups in total. The molecule has 0 bridgehead atoms. The molecule has 21 heavy (non-hydrogen) atoms. The summed E-state index contributed by atoms with van der Waals surface area (Å²) in [5.41, 5.74) is 3.07. The van der Waals surface area contributed by atoms with Gasteiger partial charge in [-0.3, -0.25) is 10.1 Å². The lowest BCUT2D eigenvalue weighted by Gasteiger charge is -2.08. The number of thiophene rings is 1. The molecule has 0 aliphatic heterocycles. The second-order valence-electron chi connectivity index (χ2n) is 4.35. The highest BCUT2D eigenvalue weighted by Crippen LogP contribution is 2.24. The van der Waals surface area contributed by atoms with Crippen molar-refractivity contribution >= 4 is 29.0 Å². The summed E-state index contributed by atoms with van der Waals surface area (Å²) >= 11 is 1.64. The van der Waals surface area contributed by atoms with E-state index >= 15 is 0 Å². The summed E-state index contributed by atoms with van der Waals surface area (Å²) < 4.78 is 0. The Kier molecular flexibility index (Phi) is 5.34. The predicted molar refractivity (Wildman–Crippen MR) is 85.5 cm³/mol. The van der Waals surface area contributed by atoms with Crippen LogP contribution in [0.4, 0.5) is 10.5 Å². The third-order valence-electron chi connectivity index (χ3n) is 2.76. The highest BCUT2D eigenvalue weighted by Gasteiger charge is 2.06. The molecule has 2 aromatic rings. The van der Waals surface area contributed by atoms with Crippen LogP contribution in [0.15, 0.2) is 41.1 Å². The zero-order valence-electron chi connectivity index (χ0n) is 11.7. The zero-order valence-corrected chi connectivity index (χ0v) is 12.5. The minimum absolute atomic E-state index is 0.0459. The SMILES string of the molecule is CCNC(=O)NC(=O)CNc1cccc(-c2ccsc2)c1. The Balaban J connectivity index is 1.90. The molecule has 110 valence electrons. The number of amides is 3. The van der Waals surface area contributed by atoms with E-state index in [9.17, 15) is 9.59 Å². The highest BCUT2D eigenvalue weighted by molar-refractivity contribution is 7.08. The van der Waals surface area contributed by atoms with Crippen LogP contribution in [0.25, 0.3) is 11.1 Å². The van der Waals surface area contributed by atoms with E-state index in [4.69, 9.17) is 0 Å². The van der Waals surface area contributed by atoms with Gasteiger partial charge in [-0.15, -0.1) is 0 Å². The maximum Gasteiger partial charge on any atom is 0.321 e. The van der Waals surface area contributed by atoms with Gasteiger partial charge in [-0.25, -0.2) is 4.79 Å². The van der Waals surface area contributed by atoms with Crippen molar-refractivity contribution in [3.63, 3.8) is 0 Å². The summed E-state index contributed by atoms with van der Waals surface area (Å²) in [6.45, 7) is 2.32. The number of benzene rings is 1. The average Bonchev–Trinajstić information content (AvgIpc) is 3.00. The van der Waals surface area contributed by atoms with Gasteiger partial charge in [0.2, 0.25) is 5.91 Å². The van der Waals surface area contributed by atoms with E-state index in [1.165, 1.54) is 0 Å². The molecule has 0 radical (unpaired) electrons. The minimum Gasteiger partial charge on any atom is -0.376 e. The Bertz CT molecular complexity index is 611. The maximum atomic E-state index is 11.6. The fraction of sp³-hybridized carbons (Fsp3) is 0.200.